The van der Waals surface area contributed by atoms with Gasteiger partial charge in [0.25, 0.3) is 0 Å². The van der Waals surface area contributed by atoms with Gasteiger partial charge in [0.1, 0.15) is 34.7 Å². The van der Waals surface area contributed by atoms with Gasteiger partial charge in [0.2, 0.25) is 0 Å². The van der Waals surface area contributed by atoms with E-state index in [1.165, 1.54) is 19.6 Å². The van der Waals surface area contributed by atoms with Crippen LogP contribution in [0, 0.1) is 5.41 Å². The van der Waals surface area contributed by atoms with Gasteiger partial charge in [0, 0.05) is 11.2 Å². The minimum absolute atomic E-state index is 0.220. The molecule has 10 heteroatoms. The molecule has 1 aliphatic carbocycles. The first-order valence-corrected chi connectivity index (χ1v) is 9.00. The molecule has 2 aromatic heterocycles. The average Bonchev–Trinajstić information content (AvgIpc) is 2.92. The van der Waals surface area contributed by atoms with Crippen LogP contribution < -0.4 is 5.73 Å². The van der Waals surface area contributed by atoms with Crippen LogP contribution in [0.5, 0.6) is 0 Å². The molecule has 2 aliphatic rings. The van der Waals surface area contributed by atoms with Crippen molar-refractivity contribution >= 4 is 28.7 Å². The van der Waals surface area contributed by atoms with E-state index in [9.17, 15) is 14.6 Å². The Balaban J connectivity index is 1.76. The Kier molecular flexibility index (Phi) is 3.41. The Bertz CT molecular complexity index is 846. The molecule has 0 spiro atoms. The number of fused-ring (bicyclic) bond motifs is 2. The third-order valence-electron chi connectivity index (χ3n) is 5.66. The number of rotatable bonds is 4. The molecule has 2 aromatic rings. The van der Waals surface area contributed by atoms with Gasteiger partial charge in [-0.1, -0.05) is 13.8 Å². The van der Waals surface area contributed by atoms with Crippen molar-refractivity contribution in [3.63, 3.8) is 0 Å². The lowest BCUT2D eigenvalue weighted by molar-refractivity contribution is -0.103. The largest absolute Gasteiger partial charge is 0.383 e. The zero-order valence-electron chi connectivity index (χ0n) is 14.0. The summed E-state index contributed by atoms with van der Waals surface area (Å²) in [6.07, 6.45) is 1.13. The van der Waals surface area contributed by atoms with Crippen molar-refractivity contribution in [3.8, 4) is 0 Å². The van der Waals surface area contributed by atoms with Crippen molar-refractivity contribution in [2.45, 2.75) is 49.8 Å². The van der Waals surface area contributed by atoms with Crippen molar-refractivity contribution in [3.05, 3.63) is 12.7 Å². The van der Waals surface area contributed by atoms with E-state index in [4.69, 9.17) is 10.5 Å². The molecule has 5 atom stereocenters. The number of anilines is 1. The highest BCUT2D eigenvalue weighted by atomic mass is 32.2. The summed E-state index contributed by atoms with van der Waals surface area (Å²) in [5.74, 6) is 0.442. The highest BCUT2D eigenvalue weighted by Gasteiger charge is 2.92. The summed E-state index contributed by atoms with van der Waals surface area (Å²) >= 11 is 1.03. The summed E-state index contributed by atoms with van der Waals surface area (Å²) in [6, 6.07) is 0. The SMILES string of the molecule is CC(F)SC[C@H]1O[C@@H](n2cnc3c(N)ncnc32)[C@]2(O)C(C)(C)[C@]12O. The van der Waals surface area contributed by atoms with E-state index >= 15 is 0 Å². The lowest BCUT2D eigenvalue weighted by Crippen LogP contribution is -2.35. The number of hydrogen-bond donors (Lipinski definition) is 3. The summed E-state index contributed by atoms with van der Waals surface area (Å²) in [4.78, 5) is 12.3. The molecule has 8 nitrogen and oxygen atoms in total. The number of nitrogen functional groups attached to an aromatic ring is 1. The van der Waals surface area contributed by atoms with E-state index in [-0.39, 0.29) is 11.6 Å². The van der Waals surface area contributed by atoms with Crippen molar-refractivity contribution in [1.29, 1.82) is 0 Å². The number of ether oxygens (including phenoxy) is 1. The van der Waals surface area contributed by atoms with Crippen LogP contribution in [-0.4, -0.2) is 58.3 Å². The van der Waals surface area contributed by atoms with E-state index in [1.54, 1.807) is 18.4 Å². The quantitative estimate of drug-likeness (QED) is 0.726. The maximum atomic E-state index is 13.2. The standard InChI is InChI=1S/C15H20FN5O3S/c1-7(16)25-4-8-14(22)13(2,3)15(14,23)12(24-8)21-6-20-9-10(17)18-5-19-11(9)21/h5-8,12,22-23H,4H2,1-3H3,(H2,17,18,19)/t7?,8-,12-,14-,15+/m1/s1. The maximum Gasteiger partial charge on any atom is 0.169 e. The summed E-state index contributed by atoms with van der Waals surface area (Å²) in [5.41, 5.74) is 1.66. The first-order valence-electron chi connectivity index (χ1n) is 7.95. The molecule has 3 heterocycles. The van der Waals surface area contributed by atoms with E-state index in [1.807, 2.05) is 0 Å². The van der Waals surface area contributed by atoms with Crippen LogP contribution in [0.3, 0.4) is 0 Å². The number of thioether (sulfide) groups is 1. The fourth-order valence-corrected chi connectivity index (χ4v) is 4.84. The highest BCUT2D eigenvalue weighted by Crippen LogP contribution is 2.75. The first kappa shape index (κ1) is 17.0. The van der Waals surface area contributed by atoms with Crippen LogP contribution in [0.15, 0.2) is 12.7 Å². The highest BCUT2D eigenvalue weighted by molar-refractivity contribution is 7.99. The molecule has 25 heavy (non-hydrogen) atoms. The Morgan fingerprint density at radius 2 is 2.08 bits per heavy atom. The minimum Gasteiger partial charge on any atom is -0.383 e. The number of halogens is 1. The number of hydrogen-bond acceptors (Lipinski definition) is 8. The van der Waals surface area contributed by atoms with Crippen LogP contribution in [0.2, 0.25) is 0 Å². The van der Waals surface area contributed by atoms with E-state index < -0.39 is 34.5 Å². The Labute approximate surface area is 147 Å². The van der Waals surface area contributed by atoms with Crippen molar-refractivity contribution in [2.24, 2.45) is 5.41 Å². The van der Waals surface area contributed by atoms with Crippen LogP contribution in [0.1, 0.15) is 27.0 Å². The summed E-state index contributed by atoms with van der Waals surface area (Å²) in [6.45, 7) is 4.96. The third kappa shape index (κ3) is 1.85. The zero-order valence-corrected chi connectivity index (χ0v) is 14.9. The van der Waals surface area contributed by atoms with Gasteiger partial charge in [-0.3, -0.25) is 4.57 Å². The van der Waals surface area contributed by atoms with Crippen LogP contribution in [0.25, 0.3) is 11.2 Å². The smallest absolute Gasteiger partial charge is 0.169 e. The van der Waals surface area contributed by atoms with Gasteiger partial charge in [-0.25, -0.2) is 19.3 Å². The molecule has 136 valence electrons. The second-order valence-corrected chi connectivity index (χ2v) is 8.41. The Hall–Kier alpha value is -1.49. The molecule has 0 aromatic carbocycles. The summed E-state index contributed by atoms with van der Waals surface area (Å²) in [5, 5.41) is 22.4. The van der Waals surface area contributed by atoms with Crippen molar-refractivity contribution in [1.82, 2.24) is 19.5 Å². The Morgan fingerprint density at radius 3 is 2.76 bits per heavy atom. The molecule has 1 saturated carbocycles. The molecule has 2 fully saturated rings. The molecule has 4 rings (SSSR count). The molecule has 0 radical (unpaired) electrons. The van der Waals surface area contributed by atoms with Crippen molar-refractivity contribution < 1.29 is 19.3 Å². The second kappa shape index (κ2) is 5.03. The normalized spacial score (nSPS) is 37.2. The fraction of sp³-hybridized carbons (Fsp3) is 0.667. The first-order chi connectivity index (χ1) is 11.7. The fourth-order valence-electron chi connectivity index (χ4n) is 4.08. The average molecular weight is 369 g/mol. The summed E-state index contributed by atoms with van der Waals surface area (Å²) in [7, 11) is 0. The van der Waals surface area contributed by atoms with E-state index in [0.29, 0.717) is 11.2 Å². The number of aliphatic hydroxyl groups is 2. The third-order valence-corrected chi connectivity index (χ3v) is 6.61. The predicted molar refractivity (Wildman–Crippen MR) is 90.4 cm³/mol. The van der Waals surface area contributed by atoms with E-state index in [2.05, 4.69) is 15.0 Å². The monoisotopic (exact) mass is 369 g/mol. The molecule has 4 N–H and O–H groups in total. The maximum absolute atomic E-state index is 13.2. The number of nitrogens with zero attached hydrogens (tertiary/aromatic N) is 4. The van der Waals surface area contributed by atoms with Crippen LogP contribution >= 0.6 is 11.8 Å². The van der Waals surface area contributed by atoms with Crippen LogP contribution in [0.4, 0.5) is 10.2 Å². The van der Waals surface area contributed by atoms with Gasteiger partial charge in [-0.05, 0) is 6.92 Å². The molecule has 1 aliphatic heterocycles. The van der Waals surface area contributed by atoms with E-state index in [0.717, 1.165) is 11.8 Å². The lowest BCUT2D eigenvalue weighted by Gasteiger charge is -2.27. The predicted octanol–water partition coefficient (Wildman–Crippen LogP) is 0.857. The molecule has 0 amide bonds. The van der Waals surface area contributed by atoms with Gasteiger partial charge >= 0.3 is 0 Å². The number of aromatic nitrogens is 4. The van der Waals surface area contributed by atoms with Crippen molar-refractivity contribution in [2.75, 3.05) is 11.5 Å². The Morgan fingerprint density at radius 1 is 1.36 bits per heavy atom. The van der Waals surface area contributed by atoms with Gasteiger partial charge < -0.3 is 20.7 Å². The zero-order chi connectivity index (χ0) is 18.2. The minimum atomic E-state index is -1.54. The van der Waals surface area contributed by atoms with Gasteiger partial charge in [0.05, 0.1) is 6.33 Å². The number of imidazole rings is 1. The lowest BCUT2D eigenvalue weighted by atomic mass is 10.0. The van der Waals surface area contributed by atoms with Gasteiger partial charge in [-0.15, -0.1) is 11.8 Å². The molecular weight excluding hydrogens is 349 g/mol. The molecule has 1 saturated heterocycles. The topological polar surface area (TPSA) is 119 Å². The van der Waals surface area contributed by atoms with Gasteiger partial charge in [-0.2, -0.15) is 0 Å². The molecule has 1 unspecified atom stereocenters. The summed E-state index contributed by atoms with van der Waals surface area (Å²) < 4.78 is 20.7. The molecular formula is C15H20FN5O3S. The number of nitrogens with two attached hydrogens (primary N) is 1. The molecule has 0 bridgehead atoms. The van der Waals surface area contributed by atoms with Crippen LogP contribution in [-0.2, 0) is 4.74 Å². The second-order valence-electron chi connectivity index (χ2n) is 7.09. The van der Waals surface area contributed by atoms with Gasteiger partial charge in [0.15, 0.2) is 17.7 Å². The number of alkyl halides is 1.